The summed E-state index contributed by atoms with van der Waals surface area (Å²) in [6.45, 7) is 3.56. The Balaban J connectivity index is 1.73. The first-order valence-electron chi connectivity index (χ1n) is 7.77. The second kappa shape index (κ2) is 7.75. The molecular weight excluding hydrogens is 274 g/mol. The third kappa shape index (κ3) is 5.28. The standard InChI is InChI=1S/C15H25NO5/c1-11-3-2-4-12(7-11)21-10-14(17)16-5-6-20-13(9-16)8-15(18)19/h11-13H,2-10H2,1H3,(H,18,19)/t11-,12-,13+/m1/s1. The molecule has 1 amide bonds. The number of morpholine rings is 1. The van der Waals surface area contributed by atoms with E-state index in [1.54, 1.807) is 4.90 Å². The van der Waals surface area contributed by atoms with Crippen LogP contribution in [0, 0.1) is 5.92 Å². The van der Waals surface area contributed by atoms with Gasteiger partial charge in [-0.3, -0.25) is 9.59 Å². The lowest BCUT2D eigenvalue weighted by molar-refractivity contribution is -0.151. The van der Waals surface area contributed by atoms with Crippen molar-refractivity contribution in [1.82, 2.24) is 4.90 Å². The van der Waals surface area contributed by atoms with E-state index in [0.717, 1.165) is 19.3 Å². The summed E-state index contributed by atoms with van der Waals surface area (Å²) in [4.78, 5) is 24.5. The van der Waals surface area contributed by atoms with Gasteiger partial charge >= 0.3 is 5.97 Å². The van der Waals surface area contributed by atoms with Crippen molar-refractivity contribution in [2.75, 3.05) is 26.3 Å². The molecule has 2 rings (SSSR count). The summed E-state index contributed by atoms with van der Waals surface area (Å²) < 4.78 is 11.1. The Labute approximate surface area is 125 Å². The molecule has 0 aromatic heterocycles. The Kier molecular flexibility index (Phi) is 5.99. The number of nitrogens with zero attached hydrogens (tertiary/aromatic N) is 1. The monoisotopic (exact) mass is 299 g/mol. The van der Waals surface area contributed by atoms with E-state index < -0.39 is 12.1 Å². The minimum absolute atomic E-state index is 0.0630. The number of hydrogen-bond donors (Lipinski definition) is 1. The van der Waals surface area contributed by atoms with Gasteiger partial charge in [-0.2, -0.15) is 0 Å². The molecule has 1 saturated heterocycles. The van der Waals surface area contributed by atoms with Crippen molar-refractivity contribution in [3.8, 4) is 0 Å². The summed E-state index contributed by atoms with van der Waals surface area (Å²) in [5.41, 5.74) is 0. The van der Waals surface area contributed by atoms with Gasteiger partial charge in [0.15, 0.2) is 0 Å². The first kappa shape index (κ1) is 16.2. The Morgan fingerprint density at radius 2 is 2.19 bits per heavy atom. The SMILES string of the molecule is C[C@@H]1CCC[C@@H](OCC(=O)N2CCO[C@@H](CC(=O)O)C2)C1. The zero-order valence-electron chi connectivity index (χ0n) is 12.6. The van der Waals surface area contributed by atoms with Gasteiger partial charge in [0, 0.05) is 13.1 Å². The maximum absolute atomic E-state index is 12.2. The Morgan fingerprint density at radius 1 is 1.38 bits per heavy atom. The quantitative estimate of drug-likeness (QED) is 0.827. The molecule has 1 saturated carbocycles. The van der Waals surface area contributed by atoms with Crippen molar-refractivity contribution in [3.63, 3.8) is 0 Å². The van der Waals surface area contributed by atoms with Gasteiger partial charge in [-0.1, -0.05) is 19.8 Å². The second-order valence-electron chi connectivity index (χ2n) is 6.14. The van der Waals surface area contributed by atoms with Crippen molar-refractivity contribution < 1.29 is 24.2 Å². The van der Waals surface area contributed by atoms with E-state index in [9.17, 15) is 9.59 Å². The first-order chi connectivity index (χ1) is 10.0. The lowest BCUT2D eigenvalue weighted by Gasteiger charge is -2.33. The molecule has 1 aliphatic heterocycles. The largest absolute Gasteiger partial charge is 0.481 e. The van der Waals surface area contributed by atoms with Gasteiger partial charge in [-0.05, 0) is 18.8 Å². The van der Waals surface area contributed by atoms with Crippen LogP contribution in [0.1, 0.15) is 39.0 Å². The summed E-state index contributed by atoms with van der Waals surface area (Å²) in [6, 6.07) is 0. The van der Waals surface area contributed by atoms with E-state index in [4.69, 9.17) is 14.6 Å². The molecule has 1 N–H and O–H groups in total. The smallest absolute Gasteiger partial charge is 0.306 e. The van der Waals surface area contributed by atoms with E-state index in [1.807, 2.05) is 0 Å². The summed E-state index contributed by atoms with van der Waals surface area (Å²) in [5, 5.41) is 8.78. The molecule has 0 bridgehead atoms. The normalized spacial score (nSPS) is 30.1. The number of carbonyl (C=O) groups excluding carboxylic acids is 1. The molecule has 6 nitrogen and oxygen atoms in total. The number of aliphatic carboxylic acids is 1. The first-order valence-corrected chi connectivity index (χ1v) is 7.77. The average molecular weight is 299 g/mol. The lowest BCUT2D eigenvalue weighted by Crippen LogP contribution is -2.47. The molecule has 3 atom stereocenters. The summed E-state index contributed by atoms with van der Waals surface area (Å²) in [5.74, 6) is -0.296. The highest BCUT2D eigenvalue weighted by molar-refractivity contribution is 5.77. The molecule has 2 fully saturated rings. The number of carboxylic acids is 1. The Bertz CT molecular complexity index is 373. The highest BCUT2D eigenvalue weighted by Gasteiger charge is 2.27. The van der Waals surface area contributed by atoms with Crippen molar-refractivity contribution in [2.45, 2.75) is 51.2 Å². The molecule has 0 radical (unpaired) electrons. The highest BCUT2D eigenvalue weighted by atomic mass is 16.5. The molecule has 0 spiro atoms. The van der Waals surface area contributed by atoms with Gasteiger partial charge < -0.3 is 19.5 Å². The van der Waals surface area contributed by atoms with Crippen LogP contribution in [0.15, 0.2) is 0 Å². The number of ether oxygens (including phenoxy) is 2. The van der Waals surface area contributed by atoms with E-state index >= 15 is 0 Å². The van der Waals surface area contributed by atoms with Crippen molar-refractivity contribution >= 4 is 11.9 Å². The Morgan fingerprint density at radius 3 is 2.90 bits per heavy atom. The van der Waals surface area contributed by atoms with Crippen LogP contribution in [0.2, 0.25) is 0 Å². The predicted molar refractivity (Wildman–Crippen MR) is 75.9 cm³/mol. The average Bonchev–Trinajstić information content (AvgIpc) is 2.44. The van der Waals surface area contributed by atoms with Crippen LogP contribution in [-0.4, -0.2) is 60.4 Å². The number of carbonyl (C=O) groups is 2. The molecule has 120 valence electrons. The zero-order chi connectivity index (χ0) is 15.2. The number of carboxylic acid groups (broad SMARTS) is 1. The van der Waals surface area contributed by atoms with Gasteiger partial charge in [0.05, 0.1) is 25.2 Å². The fourth-order valence-corrected chi connectivity index (χ4v) is 3.07. The lowest BCUT2D eigenvalue weighted by atomic mass is 9.89. The predicted octanol–water partition coefficient (Wildman–Crippen LogP) is 1.28. The van der Waals surface area contributed by atoms with Crippen molar-refractivity contribution in [1.29, 1.82) is 0 Å². The van der Waals surface area contributed by atoms with Gasteiger partial charge in [-0.25, -0.2) is 0 Å². The van der Waals surface area contributed by atoms with Crippen molar-refractivity contribution in [2.24, 2.45) is 5.92 Å². The molecular formula is C15H25NO5. The van der Waals surface area contributed by atoms with Crippen LogP contribution in [-0.2, 0) is 19.1 Å². The molecule has 1 heterocycles. The van der Waals surface area contributed by atoms with E-state index in [1.165, 1.54) is 6.42 Å². The maximum Gasteiger partial charge on any atom is 0.306 e. The third-order valence-corrected chi connectivity index (χ3v) is 4.22. The third-order valence-electron chi connectivity index (χ3n) is 4.22. The minimum Gasteiger partial charge on any atom is -0.481 e. The number of rotatable bonds is 5. The van der Waals surface area contributed by atoms with Crippen LogP contribution >= 0.6 is 0 Å². The maximum atomic E-state index is 12.2. The van der Waals surface area contributed by atoms with Crippen LogP contribution in [0.3, 0.4) is 0 Å². The summed E-state index contributed by atoms with van der Waals surface area (Å²) >= 11 is 0. The van der Waals surface area contributed by atoms with E-state index in [2.05, 4.69) is 6.92 Å². The highest BCUT2D eigenvalue weighted by Crippen LogP contribution is 2.25. The van der Waals surface area contributed by atoms with Gasteiger partial charge in [0.1, 0.15) is 6.61 Å². The minimum atomic E-state index is -0.901. The fourth-order valence-electron chi connectivity index (χ4n) is 3.07. The fraction of sp³-hybridized carbons (Fsp3) is 0.867. The molecule has 2 aliphatic rings. The van der Waals surface area contributed by atoms with Crippen LogP contribution in [0.25, 0.3) is 0 Å². The van der Waals surface area contributed by atoms with Crippen molar-refractivity contribution in [3.05, 3.63) is 0 Å². The molecule has 0 aromatic rings. The molecule has 21 heavy (non-hydrogen) atoms. The van der Waals surface area contributed by atoms with E-state index in [0.29, 0.717) is 25.6 Å². The zero-order valence-corrected chi connectivity index (χ0v) is 12.6. The number of hydrogen-bond acceptors (Lipinski definition) is 4. The molecule has 1 aliphatic carbocycles. The second-order valence-corrected chi connectivity index (χ2v) is 6.14. The molecule has 0 aromatic carbocycles. The van der Waals surface area contributed by atoms with Gasteiger partial charge in [0.25, 0.3) is 0 Å². The molecule has 0 unspecified atom stereocenters. The number of amides is 1. The molecule has 6 heteroatoms. The summed E-state index contributed by atoms with van der Waals surface area (Å²) in [6.07, 6.45) is 4.18. The van der Waals surface area contributed by atoms with Crippen LogP contribution < -0.4 is 0 Å². The van der Waals surface area contributed by atoms with Gasteiger partial charge in [-0.15, -0.1) is 0 Å². The van der Waals surface area contributed by atoms with Crippen LogP contribution in [0.4, 0.5) is 0 Å². The van der Waals surface area contributed by atoms with Gasteiger partial charge in [0.2, 0.25) is 5.91 Å². The summed E-state index contributed by atoms with van der Waals surface area (Å²) in [7, 11) is 0. The Hall–Kier alpha value is -1.14. The van der Waals surface area contributed by atoms with Crippen LogP contribution in [0.5, 0.6) is 0 Å². The topological polar surface area (TPSA) is 76.1 Å². The van der Waals surface area contributed by atoms with E-state index in [-0.39, 0.29) is 25.0 Å².